The first-order valence-corrected chi connectivity index (χ1v) is 10.7. The highest BCUT2D eigenvalue weighted by atomic mass is 35.5. The number of primary amides is 1. The Bertz CT molecular complexity index is 1140. The van der Waals surface area contributed by atoms with E-state index in [4.69, 9.17) is 15.7 Å². The predicted molar refractivity (Wildman–Crippen MR) is 130 cm³/mol. The number of amides is 1. The molecule has 2 aliphatic heterocycles. The molecule has 32 heavy (non-hydrogen) atoms. The summed E-state index contributed by atoms with van der Waals surface area (Å²) in [5.74, 6) is 1.71. The van der Waals surface area contributed by atoms with Gasteiger partial charge in [0.05, 0.1) is 0 Å². The smallest absolute Gasteiger partial charge is 0.243 e. The molecule has 1 aromatic heterocycles. The summed E-state index contributed by atoms with van der Waals surface area (Å²) in [5, 5.41) is 6.91. The summed E-state index contributed by atoms with van der Waals surface area (Å²) in [5.41, 5.74) is 9.20. The van der Waals surface area contributed by atoms with E-state index >= 15 is 0 Å². The van der Waals surface area contributed by atoms with E-state index in [9.17, 15) is 4.79 Å². The number of hydrogen-bond acceptors (Lipinski definition) is 6. The molecule has 1 amide bonds. The van der Waals surface area contributed by atoms with Crippen LogP contribution in [0.4, 0.5) is 23.3 Å². The van der Waals surface area contributed by atoms with E-state index in [1.807, 2.05) is 54.3 Å². The van der Waals surface area contributed by atoms with E-state index in [0.29, 0.717) is 18.9 Å². The normalized spacial score (nSPS) is 18.7. The van der Waals surface area contributed by atoms with Crippen molar-refractivity contribution in [2.24, 2.45) is 5.73 Å². The molecule has 0 bridgehead atoms. The predicted octanol–water partition coefficient (Wildman–Crippen LogP) is 3.81. The highest BCUT2D eigenvalue weighted by Crippen LogP contribution is 2.44. The van der Waals surface area contributed by atoms with Crippen LogP contribution >= 0.6 is 12.4 Å². The van der Waals surface area contributed by atoms with Gasteiger partial charge in [0.1, 0.15) is 17.2 Å². The molecule has 8 heteroatoms. The SMILES string of the molecule is CC1(C(N)=O)Cc2ccccc2N1c1nc2c(c(NCc3ccccc3)n1)CCCN2.Cl. The Morgan fingerprint density at radius 2 is 1.91 bits per heavy atom. The number of halogens is 1. The third-order valence-corrected chi connectivity index (χ3v) is 6.19. The Kier molecular flexibility index (Phi) is 5.93. The zero-order valence-electron chi connectivity index (χ0n) is 18.0. The van der Waals surface area contributed by atoms with Crippen molar-refractivity contribution in [2.45, 2.75) is 38.3 Å². The second-order valence-corrected chi connectivity index (χ2v) is 8.35. The fourth-order valence-corrected chi connectivity index (χ4v) is 4.47. The first-order chi connectivity index (χ1) is 15.1. The molecule has 3 heterocycles. The number of benzene rings is 2. The second-order valence-electron chi connectivity index (χ2n) is 8.35. The van der Waals surface area contributed by atoms with Crippen molar-refractivity contribution in [1.29, 1.82) is 0 Å². The monoisotopic (exact) mass is 450 g/mol. The van der Waals surface area contributed by atoms with Gasteiger partial charge in [-0.2, -0.15) is 9.97 Å². The summed E-state index contributed by atoms with van der Waals surface area (Å²) < 4.78 is 0. The van der Waals surface area contributed by atoms with Gasteiger partial charge in [0.25, 0.3) is 0 Å². The highest BCUT2D eigenvalue weighted by Gasteiger charge is 2.47. The van der Waals surface area contributed by atoms with Crippen molar-refractivity contribution < 1.29 is 4.79 Å². The molecule has 2 aromatic carbocycles. The number of nitrogens with zero attached hydrogens (tertiary/aromatic N) is 3. The minimum Gasteiger partial charge on any atom is -0.370 e. The van der Waals surface area contributed by atoms with Crippen LogP contribution in [0, 0.1) is 0 Å². The van der Waals surface area contributed by atoms with Gasteiger partial charge in [-0.1, -0.05) is 48.5 Å². The number of aromatic nitrogens is 2. The third kappa shape index (κ3) is 3.73. The van der Waals surface area contributed by atoms with Gasteiger partial charge in [-0.3, -0.25) is 9.69 Å². The summed E-state index contributed by atoms with van der Waals surface area (Å²) in [6.07, 6.45) is 2.46. The minimum absolute atomic E-state index is 0. The van der Waals surface area contributed by atoms with Crippen molar-refractivity contribution >= 4 is 41.6 Å². The number of fused-ring (bicyclic) bond motifs is 2. The third-order valence-electron chi connectivity index (χ3n) is 6.19. The van der Waals surface area contributed by atoms with E-state index in [0.717, 1.165) is 47.8 Å². The van der Waals surface area contributed by atoms with Crippen LogP contribution in [0.2, 0.25) is 0 Å². The zero-order valence-corrected chi connectivity index (χ0v) is 18.8. The number of para-hydroxylation sites is 1. The van der Waals surface area contributed by atoms with Gasteiger partial charge in [-0.15, -0.1) is 12.4 Å². The van der Waals surface area contributed by atoms with Gasteiger partial charge in [-0.05, 0) is 37.0 Å². The van der Waals surface area contributed by atoms with Gasteiger partial charge < -0.3 is 16.4 Å². The van der Waals surface area contributed by atoms with E-state index in [1.54, 1.807) is 0 Å². The first kappa shape index (κ1) is 21.9. The Hall–Kier alpha value is -3.32. The summed E-state index contributed by atoms with van der Waals surface area (Å²) in [6, 6.07) is 18.2. The molecule has 3 aromatic rings. The van der Waals surface area contributed by atoms with E-state index in [-0.39, 0.29) is 12.4 Å². The van der Waals surface area contributed by atoms with Gasteiger partial charge in [0, 0.05) is 30.8 Å². The summed E-state index contributed by atoms with van der Waals surface area (Å²) >= 11 is 0. The second kappa shape index (κ2) is 8.67. The number of carbonyl (C=O) groups excluding carboxylic acids is 1. The molecular formula is C24H27ClN6O. The minimum atomic E-state index is -0.927. The Balaban J connectivity index is 0.00000245. The van der Waals surface area contributed by atoms with E-state index < -0.39 is 11.4 Å². The van der Waals surface area contributed by atoms with Crippen LogP contribution in [0.1, 0.15) is 30.0 Å². The van der Waals surface area contributed by atoms with E-state index in [1.165, 1.54) is 5.56 Å². The number of nitrogens with one attached hydrogen (secondary N) is 2. The number of hydrogen-bond donors (Lipinski definition) is 3. The van der Waals surface area contributed by atoms with Crippen LogP contribution in [0.15, 0.2) is 54.6 Å². The topological polar surface area (TPSA) is 96.2 Å². The number of nitrogens with two attached hydrogens (primary N) is 1. The Morgan fingerprint density at radius 3 is 2.69 bits per heavy atom. The van der Waals surface area contributed by atoms with Crippen LogP contribution in [-0.2, 0) is 24.2 Å². The fraction of sp³-hybridized carbons (Fsp3) is 0.292. The van der Waals surface area contributed by atoms with Gasteiger partial charge in [-0.25, -0.2) is 0 Å². The number of rotatable bonds is 5. The molecule has 4 N–H and O–H groups in total. The fourth-order valence-electron chi connectivity index (χ4n) is 4.47. The van der Waals surface area contributed by atoms with Crippen molar-refractivity contribution in [1.82, 2.24) is 9.97 Å². The summed E-state index contributed by atoms with van der Waals surface area (Å²) in [6.45, 7) is 3.39. The Morgan fingerprint density at radius 1 is 1.16 bits per heavy atom. The van der Waals surface area contributed by atoms with Crippen LogP contribution in [0.25, 0.3) is 0 Å². The molecule has 1 unspecified atom stereocenters. The highest BCUT2D eigenvalue weighted by molar-refractivity contribution is 5.94. The summed E-state index contributed by atoms with van der Waals surface area (Å²) in [7, 11) is 0. The van der Waals surface area contributed by atoms with Gasteiger partial charge >= 0.3 is 0 Å². The molecule has 5 rings (SSSR count). The molecule has 0 saturated carbocycles. The average molecular weight is 451 g/mol. The van der Waals surface area contributed by atoms with Crippen LogP contribution in [0.3, 0.4) is 0 Å². The maximum Gasteiger partial charge on any atom is 0.243 e. The maximum absolute atomic E-state index is 12.6. The molecule has 1 atom stereocenters. The number of carbonyl (C=O) groups is 1. The lowest BCUT2D eigenvalue weighted by molar-refractivity contribution is -0.122. The van der Waals surface area contributed by atoms with Gasteiger partial charge in [0.2, 0.25) is 11.9 Å². The molecule has 0 fully saturated rings. The standard InChI is InChI=1S/C24H26N6O.ClH/c1-24(22(25)31)14-17-10-5-6-12-19(17)30(24)23-28-20-18(11-7-13-26-20)21(29-23)27-15-16-8-3-2-4-9-16;/h2-6,8-10,12H,7,11,13-15H2,1H3,(H2,25,31)(H2,26,27,28,29);1H. The molecule has 0 spiro atoms. The van der Waals surface area contributed by atoms with Crippen LogP contribution in [0.5, 0.6) is 0 Å². The largest absolute Gasteiger partial charge is 0.370 e. The molecular weight excluding hydrogens is 424 g/mol. The van der Waals surface area contributed by atoms with Crippen LogP contribution in [-0.4, -0.2) is 28.0 Å². The van der Waals surface area contributed by atoms with E-state index in [2.05, 4.69) is 22.8 Å². The van der Waals surface area contributed by atoms with Crippen molar-refractivity contribution in [2.75, 3.05) is 22.1 Å². The molecule has 0 aliphatic carbocycles. The van der Waals surface area contributed by atoms with Crippen LogP contribution < -0.4 is 21.3 Å². The Labute approximate surface area is 193 Å². The lowest BCUT2D eigenvalue weighted by Gasteiger charge is -2.34. The van der Waals surface area contributed by atoms with Crippen molar-refractivity contribution in [3.63, 3.8) is 0 Å². The summed E-state index contributed by atoms with van der Waals surface area (Å²) in [4.78, 5) is 24.2. The maximum atomic E-state index is 12.6. The number of anilines is 4. The molecule has 0 radical (unpaired) electrons. The molecule has 7 nitrogen and oxygen atoms in total. The quantitative estimate of drug-likeness (QED) is 0.547. The lowest BCUT2D eigenvalue weighted by atomic mass is 9.96. The molecule has 0 saturated heterocycles. The van der Waals surface area contributed by atoms with Crippen molar-refractivity contribution in [3.8, 4) is 0 Å². The zero-order chi connectivity index (χ0) is 21.4. The van der Waals surface area contributed by atoms with Gasteiger partial charge in [0.15, 0.2) is 0 Å². The first-order valence-electron chi connectivity index (χ1n) is 10.7. The molecule has 166 valence electrons. The van der Waals surface area contributed by atoms with Crippen molar-refractivity contribution in [3.05, 3.63) is 71.3 Å². The lowest BCUT2D eigenvalue weighted by Crippen LogP contribution is -2.52. The molecule has 2 aliphatic rings. The average Bonchev–Trinajstić information content (AvgIpc) is 3.11.